The third-order valence-corrected chi connectivity index (χ3v) is 2.54. The van der Waals surface area contributed by atoms with Gasteiger partial charge in [0.2, 0.25) is 0 Å². The Morgan fingerprint density at radius 1 is 1.27 bits per heavy atom. The number of hydrogen-bond acceptors (Lipinski definition) is 2. The second-order valence-corrected chi connectivity index (χ2v) is 3.73. The van der Waals surface area contributed by atoms with Crippen LogP contribution in [0.5, 0.6) is 5.75 Å². The number of ether oxygens (including phenoxy) is 1. The normalized spacial score (nSPS) is 14.5. The summed E-state index contributed by atoms with van der Waals surface area (Å²) in [6.07, 6.45) is 0.593. The first-order valence-corrected chi connectivity index (χ1v) is 4.72. The van der Waals surface area contributed by atoms with E-state index in [-0.39, 0.29) is 23.0 Å². The maximum atomic E-state index is 12.0. The Morgan fingerprint density at radius 2 is 1.87 bits per heavy atom. The Kier molecular flexibility index (Phi) is 2.61. The molecule has 0 saturated carbocycles. The molecule has 0 atom stereocenters. The maximum absolute atomic E-state index is 12.0. The van der Waals surface area contributed by atoms with Gasteiger partial charge in [-0.3, -0.25) is 4.79 Å². The Bertz CT molecular complexity index is 418. The van der Waals surface area contributed by atoms with E-state index in [1.165, 1.54) is 12.1 Å². The van der Waals surface area contributed by atoms with Crippen molar-refractivity contribution >= 4 is 17.4 Å². The third kappa shape index (κ3) is 2.09. The Hall–Kier alpha value is -1.16. The predicted octanol–water partition coefficient (Wildman–Crippen LogP) is 2.61. The first-order chi connectivity index (χ1) is 7.06. The van der Waals surface area contributed by atoms with E-state index < -0.39 is 6.61 Å². The van der Waals surface area contributed by atoms with Crippen LogP contribution >= 0.6 is 11.6 Å². The molecular formula is C10H7ClF2O2. The van der Waals surface area contributed by atoms with Crippen molar-refractivity contribution in [1.82, 2.24) is 0 Å². The molecule has 0 heterocycles. The fourth-order valence-electron chi connectivity index (χ4n) is 1.64. The van der Waals surface area contributed by atoms with Crippen LogP contribution in [0.15, 0.2) is 12.1 Å². The third-order valence-electron chi connectivity index (χ3n) is 2.25. The number of rotatable bonds is 2. The van der Waals surface area contributed by atoms with Gasteiger partial charge in [-0.15, -0.1) is 0 Å². The van der Waals surface area contributed by atoms with E-state index in [1.54, 1.807) is 0 Å². The summed E-state index contributed by atoms with van der Waals surface area (Å²) in [5.41, 5.74) is 1.52. The standard InChI is InChI=1S/C10H7ClF2O2/c11-8-3-5-1-7(14)2-6(5)4-9(8)15-10(12)13/h3-4,10H,1-2H2. The minimum absolute atomic E-state index is 0.0651. The van der Waals surface area contributed by atoms with E-state index in [0.717, 1.165) is 11.1 Å². The summed E-state index contributed by atoms with van der Waals surface area (Å²) in [6.45, 7) is -2.90. The lowest BCUT2D eigenvalue weighted by atomic mass is 10.1. The van der Waals surface area contributed by atoms with Crippen LogP contribution in [0.3, 0.4) is 0 Å². The van der Waals surface area contributed by atoms with Gasteiger partial charge in [0.1, 0.15) is 11.5 Å². The zero-order valence-electron chi connectivity index (χ0n) is 7.60. The highest BCUT2D eigenvalue weighted by Gasteiger charge is 2.21. The summed E-state index contributed by atoms with van der Waals surface area (Å²) in [4.78, 5) is 11.1. The molecule has 1 aromatic rings. The zero-order chi connectivity index (χ0) is 11.0. The lowest BCUT2D eigenvalue weighted by molar-refractivity contribution is -0.117. The average molecular weight is 233 g/mol. The SMILES string of the molecule is O=C1Cc2cc(Cl)c(OC(F)F)cc2C1. The Balaban J connectivity index is 2.35. The molecule has 0 aromatic heterocycles. The van der Waals surface area contributed by atoms with Crippen LogP contribution < -0.4 is 4.74 Å². The second-order valence-electron chi connectivity index (χ2n) is 3.32. The summed E-state index contributed by atoms with van der Waals surface area (Å²) < 4.78 is 28.2. The molecule has 80 valence electrons. The number of fused-ring (bicyclic) bond motifs is 1. The van der Waals surface area contributed by atoms with E-state index in [1.807, 2.05) is 0 Å². The van der Waals surface area contributed by atoms with Crippen molar-refractivity contribution in [3.8, 4) is 5.75 Å². The molecule has 15 heavy (non-hydrogen) atoms. The first kappa shape index (κ1) is 10.4. The molecule has 0 amide bonds. The molecule has 2 nitrogen and oxygen atoms in total. The van der Waals surface area contributed by atoms with Gasteiger partial charge in [0.25, 0.3) is 0 Å². The number of Topliss-reactive ketones (excluding diaryl/α,β-unsaturated/α-hetero) is 1. The molecule has 2 rings (SSSR count). The van der Waals surface area contributed by atoms with E-state index in [4.69, 9.17) is 11.6 Å². The fraction of sp³-hybridized carbons (Fsp3) is 0.300. The highest BCUT2D eigenvalue weighted by molar-refractivity contribution is 6.32. The van der Waals surface area contributed by atoms with Crippen molar-refractivity contribution in [3.63, 3.8) is 0 Å². The summed E-state index contributed by atoms with van der Waals surface area (Å²) in [5.74, 6) is -0.00428. The highest BCUT2D eigenvalue weighted by atomic mass is 35.5. The van der Waals surface area contributed by atoms with Gasteiger partial charge in [0.15, 0.2) is 0 Å². The van der Waals surface area contributed by atoms with Crippen LogP contribution in [0.4, 0.5) is 8.78 Å². The van der Waals surface area contributed by atoms with Crippen LogP contribution in [-0.4, -0.2) is 12.4 Å². The van der Waals surface area contributed by atoms with Crippen molar-refractivity contribution in [1.29, 1.82) is 0 Å². The van der Waals surface area contributed by atoms with Crippen LogP contribution in [0, 0.1) is 0 Å². The summed E-state index contributed by atoms with van der Waals surface area (Å²) >= 11 is 5.73. The van der Waals surface area contributed by atoms with Gasteiger partial charge in [-0.2, -0.15) is 8.78 Å². The van der Waals surface area contributed by atoms with Gasteiger partial charge < -0.3 is 4.74 Å². The summed E-state index contributed by atoms with van der Waals surface area (Å²) in [7, 11) is 0. The Morgan fingerprint density at radius 3 is 2.47 bits per heavy atom. The van der Waals surface area contributed by atoms with Crippen molar-refractivity contribution in [3.05, 3.63) is 28.3 Å². The lowest BCUT2D eigenvalue weighted by Gasteiger charge is -2.08. The van der Waals surface area contributed by atoms with Crippen molar-refractivity contribution in [2.24, 2.45) is 0 Å². The molecule has 0 N–H and O–H groups in total. The summed E-state index contributed by atoms with van der Waals surface area (Å²) in [6, 6.07) is 2.92. The van der Waals surface area contributed by atoms with E-state index >= 15 is 0 Å². The molecule has 1 aromatic carbocycles. The quantitative estimate of drug-likeness (QED) is 0.784. The minimum Gasteiger partial charge on any atom is -0.433 e. The molecule has 0 spiro atoms. The molecule has 1 aliphatic rings. The molecule has 0 aliphatic heterocycles. The van der Waals surface area contributed by atoms with Gasteiger partial charge in [-0.05, 0) is 23.3 Å². The minimum atomic E-state index is -2.90. The highest BCUT2D eigenvalue weighted by Crippen LogP contribution is 2.32. The topological polar surface area (TPSA) is 26.3 Å². The first-order valence-electron chi connectivity index (χ1n) is 4.34. The fourth-order valence-corrected chi connectivity index (χ4v) is 1.87. The van der Waals surface area contributed by atoms with Crippen LogP contribution in [0.2, 0.25) is 5.02 Å². The maximum Gasteiger partial charge on any atom is 0.387 e. The van der Waals surface area contributed by atoms with Crippen LogP contribution in [-0.2, 0) is 17.6 Å². The van der Waals surface area contributed by atoms with E-state index in [0.29, 0.717) is 6.42 Å². The molecule has 5 heteroatoms. The lowest BCUT2D eigenvalue weighted by Crippen LogP contribution is -2.03. The number of alkyl halides is 2. The summed E-state index contributed by atoms with van der Waals surface area (Å²) in [5, 5.41) is 0.115. The number of halogens is 3. The average Bonchev–Trinajstić information content (AvgIpc) is 2.44. The second kappa shape index (κ2) is 3.77. The number of hydrogen-bond donors (Lipinski definition) is 0. The van der Waals surface area contributed by atoms with Gasteiger partial charge in [-0.1, -0.05) is 11.6 Å². The Labute approximate surface area is 89.8 Å². The molecule has 0 saturated heterocycles. The number of ketones is 1. The van der Waals surface area contributed by atoms with Gasteiger partial charge in [-0.25, -0.2) is 0 Å². The largest absolute Gasteiger partial charge is 0.433 e. The monoisotopic (exact) mass is 232 g/mol. The number of carbonyl (C=O) groups excluding carboxylic acids is 1. The smallest absolute Gasteiger partial charge is 0.387 e. The van der Waals surface area contributed by atoms with Gasteiger partial charge in [0, 0.05) is 12.8 Å². The molecule has 0 radical (unpaired) electrons. The van der Waals surface area contributed by atoms with Gasteiger partial charge in [0.05, 0.1) is 5.02 Å². The predicted molar refractivity (Wildman–Crippen MR) is 50.5 cm³/mol. The van der Waals surface area contributed by atoms with Crippen LogP contribution in [0.25, 0.3) is 0 Å². The molecule has 0 bridgehead atoms. The van der Waals surface area contributed by atoms with Gasteiger partial charge >= 0.3 is 6.61 Å². The molecule has 1 aliphatic carbocycles. The molecule has 0 unspecified atom stereocenters. The van der Waals surface area contributed by atoms with Crippen molar-refractivity contribution in [2.75, 3.05) is 0 Å². The van der Waals surface area contributed by atoms with E-state index in [9.17, 15) is 13.6 Å². The number of benzene rings is 1. The van der Waals surface area contributed by atoms with Crippen molar-refractivity contribution < 1.29 is 18.3 Å². The zero-order valence-corrected chi connectivity index (χ0v) is 8.35. The van der Waals surface area contributed by atoms with E-state index in [2.05, 4.69) is 4.74 Å². The van der Waals surface area contributed by atoms with Crippen LogP contribution in [0.1, 0.15) is 11.1 Å². The molecular weight excluding hydrogens is 226 g/mol. The number of carbonyl (C=O) groups is 1. The van der Waals surface area contributed by atoms with Crippen molar-refractivity contribution in [2.45, 2.75) is 19.5 Å². The molecule has 0 fully saturated rings.